The van der Waals surface area contributed by atoms with Gasteiger partial charge in [-0.15, -0.1) is 11.3 Å². The van der Waals surface area contributed by atoms with Crippen LogP contribution in [0, 0.1) is 0 Å². The number of thiophene rings is 1. The van der Waals surface area contributed by atoms with Crippen LogP contribution in [-0.4, -0.2) is 11.9 Å². The van der Waals surface area contributed by atoms with Gasteiger partial charge in [0, 0.05) is 33.2 Å². The molecule has 2 atom stereocenters. The molecule has 0 aromatic carbocycles. The van der Waals surface area contributed by atoms with Crippen LogP contribution in [0.1, 0.15) is 31.2 Å². The van der Waals surface area contributed by atoms with Crippen molar-refractivity contribution < 1.29 is 4.79 Å². The minimum atomic E-state index is -0.269. The van der Waals surface area contributed by atoms with Crippen LogP contribution in [-0.2, 0) is 4.79 Å². The average Bonchev–Trinajstić information content (AvgIpc) is 2.49. The molecule has 0 aliphatic carbocycles. The summed E-state index contributed by atoms with van der Waals surface area (Å²) in [6.45, 7) is 4.04. The molecule has 0 aliphatic rings. The maximum absolute atomic E-state index is 10.7. The van der Waals surface area contributed by atoms with Gasteiger partial charge in [-0.2, -0.15) is 0 Å². The van der Waals surface area contributed by atoms with E-state index >= 15 is 0 Å². The predicted molar refractivity (Wildman–Crippen MR) is 66.8 cm³/mol. The highest BCUT2D eigenvalue weighted by Crippen LogP contribution is 2.25. The summed E-state index contributed by atoms with van der Waals surface area (Å²) in [6.07, 6.45) is 0.372. The van der Waals surface area contributed by atoms with Crippen molar-refractivity contribution in [1.29, 1.82) is 0 Å². The standard InChI is InChI=1S/C10H15BrN2OS/c1-6(3-10(12)14)13-7(2)9-4-8(11)5-15-9/h4-7,13H,3H2,1-2H3,(H2,12,14). The van der Waals surface area contributed by atoms with Crippen molar-refractivity contribution in [2.45, 2.75) is 32.4 Å². The summed E-state index contributed by atoms with van der Waals surface area (Å²) in [6, 6.07) is 2.44. The molecule has 1 heterocycles. The number of amides is 1. The monoisotopic (exact) mass is 290 g/mol. The number of hydrogen-bond acceptors (Lipinski definition) is 3. The minimum absolute atomic E-state index is 0.110. The summed E-state index contributed by atoms with van der Waals surface area (Å²) in [5.74, 6) is -0.269. The summed E-state index contributed by atoms with van der Waals surface area (Å²) in [5.41, 5.74) is 5.13. The Kier molecular flexibility index (Phi) is 4.76. The quantitative estimate of drug-likeness (QED) is 0.875. The molecule has 2 unspecified atom stereocenters. The Morgan fingerprint density at radius 3 is 2.80 bits per heavy atom. The van der Waals surface area contributed by atoms with E-state index in [4.69, 9.17) is 5.73 Å². The number of halogens is 1. The lowest BCUT2D eigenvalue weighted by Crippen LogP contribution is -2.32. The molecule has 0 aliphatic heterocycles. The fourth-order valence-corrected chi connectivity index (χ4v) is 2.89. The number of carbonyl (C=O) groups excluding carboxylic acids is 1. The zero-order valence-electron chi connectivity index (χ0n) is 8.79. The molecule has 0 saturated heterocycles. The van der Waals surface area contributed by atoms with E-state index in [2.05, 4.69) is 34.2 Å². The first-order valence-electron chi connectivity index (χ1n) is 4.77. The van der Waals surface area contributed by atoms with E-state index in [0.29, 0.717) is 6.42 Å². The first-order valence-corrected chi connectivity index (χ1v) is 6.44. The molecule has 0 saturated carbocycles. The Balaban J connectivity index is 2.48. The maximum Gasteiger partial charge on any atom is 0.218 e. The van der Waals surface area contributed by atoms with Crippen LogP contribution >= 0.6 is 27.3 Å². The number of nitrogens with one attached hydrogen (secondary N) is 1. The Morgan fingerprint density at radius 1 is 1.67 bits per heavy atom. The van der Waals surface area contributed by atoms with Crippen LogP contribution in [0.3, 0.4) is 0 Å². The number of rotatable bonds is 5. The summed E-state index contributed by atoms with van der Waals surface area (Å²) in [4.78, 5) is 12.0. The second-order valence-electron chi connectivity index (χ2n) is 3.63. The van der Waals surface area contributed by atoms with Crippen LogP contribution < -0.4 is 11.1 Å². The molecule has 15 heavy (non-hydrogen) atoms. The fraction of sp³-hybridized carbons (Fsp3) is 0.500. The second-order valence-corrected chi connectivity index (χ2v) is 5.49. The Hall–Kier alpha value is -0.390. The number of primary amides is 1. The molecule has 5 heteroatoms. The molecular weight excluding hydrogens is 276 g/mol. The van der Waals surface area contributed by atoms with Crippen molar-refractivity contribution in [2.24, 2.45) is 5.73 Å². The molecule has 3 nitrogen and oxygen atoms in total. The van der Waals surface area contributed by atoms with Gasteiger partial charge in [0.2, 0.25) is 5.91 Å². The van der Waals surface area contributed by atoms with E-state index in [1.54, 1.807) is 11.3 Å². The summed E-state index contributed by atoms with van der Waals surface area (Å²) >= 11 is 5.11. The lowest BCUT2D eigenvalue weighted by atomic mass is 10.2. The zero-order chi connectivity index (χ0) is 11.4. The van der Waals surface area contributed by atoms with Crippen molar-refractivity contribution in [1.82, 2.24) is 5.32 Å². The van der Waals surface area contributed by atoms with E-state index in [1.807, 2.05) is 12.3 Å². The Labute approximate surface area is 102 Å². The van der Waals surface area contributed by atoms with Crippen LogP contribution in [0.25, 0.3) is 0 Å². The highest BCUT2D eigenvalue weighted by molar-refractivity contribution is 9.10. The molecule has 0 spiro atoms. The molecule has 3 N–H and O–H groups in total. The fourth-order valence-electron chi connectivity index (χ4n) is 1.42. The van der Waals surface area contributed by atoms with E-state index < -0.39 is 0 Å². The molecule has 0 fully saturated rings. The molecule has 84 valence electrons. The molecular formula is C10H15BrN2OS. The van der Waals surface area contributed by atoms with E-state index in [1.165, 1.54) is 4.88 Å². The molecule has 0 bridgehead atoms. The largest absolute Gasteiger partial charge is 0.370 e. The van der Waals surface area contributed by atoms with Crippen molar-refractivity contribution in [2.75, 3.05) is 0 Å². The average molecular weight is 291 g/mol. The van der Waals surface area contributed by atoms with Gasteiger partial charge >= 0.3 is 0 Å². The molecule has 1 rings (SSSR count). The Morgan fingerprint density at radius 2 is 2.33 bits per heavy atom. The maximum atomic E-state index is 10.7. The molecule has 1 amide bonds. The third-order valence-corrected chi connectivity index (χ3v) is 3.93. The van der Waals surface area contributed by atoms with Crippen molar-refractivity contribution in [3.8, 4) is 0 Å². The van der Waals surface area contributed by atoms with Gasteiger partial charge in [-0.05, 0) is 35.8 Å². The van der Waals surface area contributed by atoms with Crippen LogP contribution in [0.15, 0.2) is 15.9 Å². The number of carbonyl (C=O) groups is 1. The van der Waals surface area contributed by atoms with Gasteiger partial charge in [0.15, 0.2) is 0 Å². The lowest BCUT2D eigenvalue weighted by molar-refractivity contribution is -0.118. The highest BCUT2D eigenvalue weighted by Gasteiger charge is 2.12. The SMILES string of the molecule is CC(CC(N)=O)NC(C)c1cc(Br)cs1. The van der Waals surface area contributed by atoms with E-state index in [-0.39, 0.29) is 18.0 Å². The van der Waals surface area contributed by atoms with Crippen molar-refractivity contribution in [3.05, 3.63) is 20.8 Å². The van der Waals surface area contributed by atoms with E-state index in [9.17, 15) is 4.79 Å². The third kappa shape index (κ3) is 4.32. The van der Waals surface area contributed by atoms with Crippen LogP contribution in [0.2, 0.25) is 0 Å². The second kappa shape index (κ2) is 5.63. The summed E-state index contributed by atoms with van der Waals surface area (Å²) in [7, 11) is 0. The highest BCUT2D eigenvalue weighted by atomic mass is 79.9. The van der Waals surface area contributed by atoms with Gasteiger partial charge in [-0.25, -0.2) is 0 Å². The topological polar surface area (TPSA) is 55.1 Å². The van der Waals surface area contributed by atoms with Crippen molar-refractivity contribution >= 4 is 33.2 Å². The van der Waals surface area contributed by atoms with E-state index in [0.717, 1.165) is 4.47 Å². The third-order valence-electron chi connectivity index (χ3n) is 2.06. The normalized spacial score (nSPS) is 14.9. The van der Waals surface area contributed by atoms with Gasteiger partial charge < -0.3 is 11.1 Å². The van der Waals surface area contributed by atoms with Crippen molar-refractivity contribution in [3.63, 3.8) is 0 Å². The zero-order valence-corrected chi connectivity index (χ0v) is 11.2. The first-order chi connectivity index (χ1) is 6.99. The lowest BCUT2D eigenvalue weighted by Gasteiger charge is -2.17. The van der Waals surface area contributed by atoms with Crippen LogP contribution in [0.5, 0.6) is 0 Å². The molecule has 1 aromatic heterocycles. The predicted octanol–water partition coefficient (Wildman–Crippen LogP) is 2.43. The smallest absolute Gasteiger partial charge is 0.218 e. The van der Waals surface area contributed by atoms with Gasteiger partial charge in [0.05, 0.1) is 0 Å². The molecule has 1 aromatic rings. The summed E-state index contributed by atoms with van der Waals surface area (Å²) < 4.78 is 1.10. The Bertz CT molecular complexity index is 340. The van der Waals surface area contributed by atoms with Crippen LogP contribution in [0.4, 0.5) is 0 Å². The minimum Gasteiger partial charge on any atom is -0.370 e. The van der Waals surface area contributed by atoms with Gasteiger partial charge in [-0.3, -0.25) is 4.79 Å². The molecule has 0 radical (unpaired) electrons. The van der Waals surface area contributed by atoms with Gasteiger partial charge in [0.1, 0.15) is 0 Å². The number of hydrogen-bond donors (Lipinski definition) is 2. The number of nitrogens with two attached hydrogens (primary N) is 1. The van der Waals surface area contributed by atoms with Gasteiger partial charge in [0.25, 0.3) is 0 Å². The summed E-state index contributed by atoms with van der Waals surface area (Å²) in [5, 5.41) is 5.38. The first kappa shape index (κ1) is 12.7. The van der Waals surface area contributed by atoms with Gasteiger partial charge in [-0.1, -0.05) is 0 Å².